The highest BCUT2D eigenvalue weighted by Crippen LogP contribution is 2.45. The molecule has 0 aliphatic heterocycles. The Labute approximate surface area is 170 Å². The van der Waals surface area contributed by atoms with Gasteiger partial charge in [0.1, 0.15) is 5.75 Å². The van der Waals surface area contributed by atoms with Gasteiger partial charge in [0.05, 0.1) is 0 Å². The Kier molecular flexibility index (Phi) is 9.39. The molecule has 0 saturated heterocycles. The Morgan fingerprint density at radius 2 is 1.26 bits per heavy atom. The smallest absolute Gasteiger partial charge is 0.119 e. The summed E-state index contributed by atoms with van der Waals surface area (Å²) in [6, 6.07) is 4.18. The van der Waals surface area contributed by atoms with Crippen LogP contribution in [0.3, 0.4) is 0 Å². The zero-order valence-corrected chi connectivity index (χ0v) is 19.5. The second-order valence-corrected chi connectivity index (χ2v) is 10.5. The van der Waals surface area contributed by atoms with Gasteiger partial charge in [0, 0.05) is 5.56 Å². The van der Waals surface area contributed by atoms with Crippen molar-refractivity contribution < 1.29 is 5.11 Å². The zero-order valence-electron chi connectivity index (χ0n) is 19.5. The first-order valence-corrected chi connectivity index (χ1v) is 11.4. The van der Waals surface area contributed by atoms with Crippen LogP contribution in [0.5, 0.6) is 5.75 Å². The quantitative estimate of drug-likeness (QED) is 0.406. The predicted octanol–water partition coefficient (Wildman–Crippen LogP) is 8.62. The molecule has 1 aromatic rings. The Hall–Kier alpha value is -0.980. The predicted molar refractivity (Wildman–Crippen MR) is 121 cm³/mol. The lowest BCUT2D eigenvalue weighted by atomic mass is 9.70. The van der Waals surface area contributed by atoms with Crippen LogP contribution >= 0.6 is 0 Å². The Balaban J connectivity index is 3.18. The molecule has 1 heteroatoms. The molecule has 0 aliphatic rings. The Bertz CT molecular complexity index is 557. The fourth-order valence-electron chi connectivity index (χ4n) is 4.49. The molecule has 0 radical (unpaired) electrons. The molecule has 1 nitrogen and oxygen atoms in total. The molecular weight excluding hydrogens is 328 g/mol. The number of phenolic OH excluding ortho intramolecular Hbond substituents is 1. The molecule has 0 amide bonds. The van der Waals surface area contributed by atoms with Crippen LogP contribution in [-0.2, 0) is 10.8 Å². The molecule has 0 saturated carbocycles. The van der Waals surface area contributed by atoms with E-state index in [1.807, 2.05) is 6.07 Å². The molecule has 1 atom stereocenters. The third kappa shape index (κ3) is 7.16. The van der Waals surface area contributed by atoms with Crippen molar-refractivity contribution >= 4 is 0 Å². The van der Waals surface area contributed by atoms with E-state index in [-0.39, 0.29) is 10.8 Å². The van der Waals surface area contributed by atoms with Crippen molar-refractivity contribution in [2.75, 3.05) is 0 Å². The summed E-state index contributed by atoms with van der Waals surface area (Å²) < 4.78 is 0. The van der Waals surface area contributed by atoms with Crippen molar-refractivity contribution in [3.63, 3.8) is 0 Å². The minimum absolute atomic E-state index is 0.0316. The highest BCUT2D eigenvalue weighted by atomic mass is 16.3. The van der Waals surface area contributed by atoms with Gasteiger partial charge in [-0.2, -0.15) is 0 Å². The average Bonchev–Trinajstić information content (AvgIpc) is 2.55. The molecule has 1 aromatic carbocycles. The number of phenols is 1. The standard InChI is InChI=1S/C26H46O/c1-9-11-12-13-14-15-17-20(16-10-2)21-18-19-22(27)24(26(6,7)8)23(21)25(3,4)5/h18-20,27H,9-17H2,1-8H3. The lowest BCUT2D eigenvalue weighted by Crippen LogP contribution is -2.25. The van der Waals surface area contributed by atoms with Crippen molar-refractivity contribution in [3.05, 3.63) is 28.8 Å². The summed E-state index contributed by atoms with van der Waals surface area (Å²) in [7, 11) is 0. The van der Waals surface area contributed by atoms with Crippen LogP contribution in [0.2, 0.25) is 0 Å². The first-order valence-electron chi connectivity index (χ1n) is 11.4. The number of unbranched alkanes of at least 4 members (excludes halogenated alkanes) is 5. The van der Waals surface area contributed by atoms with E-state index in [9.17, 15) is 5.11 Å². The van der Waals surface area contributed by atoms with Crippen LogP contribution in [0.1, 0.15) is 136 Å². The van der Waals surface area contributed by atoms with E-state index in [2.05, 4.69) is 61.5 Å². The first-order chi connectivity index (χ1) is 12.5. The van der Waals surface area contributed by atoms with Gasteiger partial charge in [-0.3, -0.25) is 0 Å². The average molecular weight is 375 g/mol. The van der Waals surface area contributed by atoms with Gasteiger partial charge in [-0.1, -0.05) is 106 Å². The van der Waals surface area contributed by atoms with Gasteiger partial charge < -0.3 is 5.11 Å². The van der Waals surface area contributed by atoms with Crippen molar-refractivity contribution in [2.24, 2.45) is 0 Å². The molecule has 0 heterocycles. The summed E-state index contributed by atoms with van der Waals surface area (Å²) in [6.07, 6.45) is 11.9. The molecule has 1 unspecified atom stereocenters. The zero-order chi connectivity index (χ0) is 20.7. The number of hydrogen-bond donors (Lipinski definition) is 1. The molecule has 0 aliphatic carbocycles. The number of rotatable bonds is 10. The molecule has 1 rings (SSSR count). The highest BCUT2D eigenvalue weighted by Gasteiger charge is 2.32. The highest BCUT2D eigenvalue weighted by molar-refractivity contribution is 5.52. The normalized spacial score (nSPS) is 13.8. The Morgan fingerprint density at radius 1 is 0.704 bits per heavy atom. The SMILES string of the molecule is CCCCCCCCC(CCC)c1ccc(O)c(C(C)(C)C)c1C(C)(C)C. The summed E-state index contributed by atoms with van der Waals surface area (Å²) in [4.78, 5) is 0. The molecule has 1 N–H and O–H groups in total. The van der Waals surface area contributed by atoms with E-state index in [4.69, 9.17) is 0 Å². The van der Waals surface area contributed by atoms with E-state index in [0.29, 0.717) is 11.7 Å². The second-order valence-electron chi connectivity index (χ2n) is 10.5. The third-order valence-electron chi connectivity index (χ3n) is 5.70. The number of aromatic hydroxyl groups is 1. The topological polar surface area (TPSA) is 20.2 Å². The van der Waals surface area contributed by atoms with Gasteiger partial charge in [0.25, 0.3) is 0 Å². The second kappa shape index (κ2) is 10.5. The molecule has 27 heavy (non-hydrogen) atoms. The van der Waals surface area contributed by atoms with Crippen LogP contribution in [0, 0.1) is 0 Å². The number of benzene rings is 1. The number of hydrogen-bond acceptors (Lipinski definition) is 1. The van der Waals surface area contributed by atoms with Crippen LogP contribution in [-0.4, -0.2) is 5.11 Å². The fourth-order valence-corrected chi connectivity index (χ4v) is 4.49. The minimum Gasteiger partial charge on any atom is -0.508 e. The summed E-state index contributed by atoms with van der Waals surface area (Å²) >= 11 is 0. The van der Waals surface area contributed by atoms with Crippen LogP contribution in [0.25, 0.3) is 0 Å². The van der Waals surface area contributed by atoms with Crippen molar-refractivity contribution in [3.8, 4) is 5.75 Å². The van der Waals surface area contributed by atoms with Crippen LogP contribution < -0.4 is 0 Å². The van der Waals surface area contributed by atoms with Gasteiger partial charge in [0.15, 0.2) is 0 Å². The van der Waals surface area contributed by atoms with E-state index in [1.54, 1.807) is 0 Å². The van der Waals surface area contributed by atoms with E-state index in [0.717, 1.165) is 5.56 Å². The largest absolute Gasteiger partial charge is 0.508 e. The molecule has 0 fully saturated rings. The lowest BCUT2D eigenvalue weighted by molar-refractivity contribution is 0.429. The van der Waals surface area contributed by atoms with Crippen molar-refractivity contribution in [1.29, 1.82) is 0 Å². The maximum atomic E-state index is 10.7. The first kappa shape index (κ1) is 24.1. The van der Waals surface area contributed by atoms with Crippen molar-refractivity contribution in [2.45, 2.75) is 130 Å². The maximum absolute atomic E-state index is 10.7. The minimum atomic E-state index is -0.0559. The van der Waals surface area contributed by atoms with E-state index < -0.39 is 0 Å². The summed E-state index contributed by atoms with van der Waals surface area (Å²) in [5.41, 5.74) is 4.00. The third-order valence-corrected chi connectivity index (χ3v) is 5.70. The summed E-state index contributed by atoms with van der Waals surface area (Å²) in [6.45, 7) is 18.2. The summed E-state index contributed by atoms with van der Waals surface area (Å²) in [5, 5.41) is 10.7. The maximum Gasteiger partial charge on any atom is 0.119 e. The Morgan fingerprint density at radius 3 is 1.78 bits per heavy atom. The van der Waals surface area contributed by atoms with Gasteiger partial charge in [0.2, 0.25) is 0 Å². The fraction of sp³-hybridized carbons (Fsp3) is 0.769. The molecular formula is C26H46O. The van der Waals surface area contributed by atoms with E-state index >= 15 is 0 Å². The van der Waals surface area contributed by atoms with Crippen molar-refractivity contribution in [1.82, 2.24) is 0 Å². The molecule has 0 aromatic heterocycles. The van der Waals surface area contributed by atoms with Gasteiger partial charge in [-0.25, -0.2) is 0 Å². The summed E-state index contributed by atoms with van der Waals surface area (Å²) in [5.74, 6) is 1.07. The van der Waals surface area contributed by atoms with Gasteiger partial charge >= 0.3 is 0 Å². The molecule has 156 valence electrons. The van der Waals surface area contributed by atoms with Gasteiger partial charge in [-0.15, -0.1) is 0 Å². The lowest BCUT2D eigenvalue weighted by Gasteiger charge is -2.35. The van der Waals surface area contributed by atoms with E-state index in [1.165, 1.54) is 68.9 Å². The van der Waals surface area contributed by atoms with Crippen LogP contribution in [0.15, 0.2) is 12.1 Å². The molecule has 0 spiro atoms. The molecule has 0 bridgehead atoms. The monoisotopic (exact) mass is 374 g/mol. The van der Waals surface area contributed by atoms with Gasteiger partial charge in [-0.05, 0) is 46.8 Å². The van der Waals surface area contributed by atoms with Crippen LogP contribution in [0.4, 0.5) is 0 Å².